The van der Waals surface area contributed by atoms with Crippen molar-refractivity contribution in [2.24, 2.45) is 5.14 Å². The molecule has 1 aromatic rings. The minimum absolute atomic E-state index is 0.0801. The first-order valence-corrected chi connectivity index (χ1v) is 6.43. The molecule has 1 rings (SSSR count). The molecule has 1 aromatic carbocycles. The van der Waals surface area contributed by atoms with Crippen LogP contribution in [0.4, 0.5) is 0 Å². The highest BCUT2D eigenvalue weighted by Gasteiger charge is 2.01. The molecule has 0 aliphatic carbocycles. The van der Waals surface area contributed by atoms with Crippen LogP contribution in [0.3, 0.4) is 0 Å². The van der Waals surface area contributed by atoms with E-state index in [-0.39, 0.29) is 5.75 Å². The van der Waals surface area contributed by atoms with Gasteiger partial charge >= 0.3 is 0 Å². The third-order valence-corrected chi connectivity index (χ3v) is 2.75. The maximum atomic E-state index is 10.6. The number of sulfonamides is 1. The van der Waals surface area contributed by atoms with Gasteiger partial charge in [-0.3, -0.25) is 0 Å². The lowest BCUT2D eigenvalue weighted by atomic mass is 10.1. The number of nitrogens with one attached hydrogen (secondary N) is 1. The summed E-state index contributed by atoms with van der Waals surface area (Å²) < 4.78 is 21.3. The number of hydrogen-bond acceptors (Lipinski definition) is 4. The first kappa shape index (κ1) is 12.6. The van der Waals surface area contributed by atoms with Gasteiger partial charge in [0.15, 0.2) is 0 Å². The molecule has 0 aromatic heterocycles. The van der Waals surface area contributed by atoms with Crippen molar-refractivity contribution >= 4 is 10.0 Å². The maximum Gasteiger partial charge on any atom is 0.210 e. The molecule has 16 heavy (non-hydrogen) atoms. The second kappa shape index (κ2) is 5.61. The molecule has 0 radical (unpaired) electrons. The Morgan fingerprint density at radius 1 is 1.31 bits per heavy atom. The zero-order valence-electron chi connectivity index (χ0n) is 8.68. The Hall–Kier alpha value is -1.42. The molecular formula is C10H13N3O2S. The van der Waals surface area contributed by atoms with Gasteiger partial charge in [-0.25, -0.2) is 13.6 Å². The molecule has 86 valence electrons. The number of benzene rings is 1. The summed E-state index contributed by atoms with van der Waals surface area (Å²) in [7, 11) is -3.39. The van der Waals surface area contributed by atoms with E-state index in [2.05, 4.69) is 5.32 Å². The van der Waals surface area contributed by atoms with E-state index < -0.39 is 10.0 Å². The lowest BCUT2D eigenvalue weighted by molar-refractivity contribution is 0.592. The van der Waals surface area contributed by atoms with E-state index in [4.69, 9.17) is 10.4 Å². The second-order valence-electron chi connectivity index (χ2n) is 3.35. The van der Waals surface area contributed by atoms with Gasteiger partial charge in [0, 0.05) is 13.1 Å². The number of primary sulfonamides is 1. The predicted octanol–water partition coefficient (Wildman–Crippen LogP) is -0.0636. The minimum atomic E-state index is -3.39. The molecule has 6 heteroatoms. The topological polar surface area (TPSA) is 96.0 Å². The smallest absolute Gasteiger partial charge is 0.210 e. The van der Waals surface area contributed by atoms with Gasteiger partial charge in [-0.05, 0) is 17.7 Å². The predicted molar refractivity (Wildman–Crippen MR) is 60.8 cm³/mol. The van der Waals surface area contributed by atoms with Crippen molar-refractivity contribution in [3.05, 3.63) is 35.4 Å². The van der Waals surface area contributed by atoms with Gasteiger partial charge < -0.3 is 5.32 Å². The van der Waals surface area contributed by atoms with Gasteiger partial charge in [0.1, 0.15) is 0 Å². The SMILES string of the molecule is N#Cc1ccc(CNCCS(N)(=O)=O)cc1. The molecule has 5 nitrogen and oxygen atoms in total. The van der Waals surface area contributed by atoms with E-state index in [0.717, 1.165) is 5.56 Å². The summed E-state index contributed by atoms with van der Waals surface area (Å²) in [6.07, 6.45) is 0. The molecule has 0 bridgehead atoms. The number of rotatable bonds is 5. The van der Waals surface area contributed by atoms with Crippen LogP contribution in [0.15, 0.2) is 24.3 Å². The molecule has 3 N–H and O–H groups in total. The molecular weight excluding hydrogens is 226 g/mol. The summed E-state index contributed by atoms with van der Waals surface area (Å²) in [6, 6.07) is 9.11. The molecule has 0 aliphatic heterocycles. The first-order chi connectivity index (χ1) is 7.51. The van der Waals surface area contributed by atoms with Gasteiger partial charge in [-0.1, -0.05) is 12.1 Å². The van der Waals surface area contributed by atoms with Crippen molar-refractivity contribution in [1.82, 2.24) is 5.32 Å². The van der Waals surface area contributed by atoms with E-state index >= 15 is 0 Å². The van der Waals surface area contributed by atoms with E-state index in [9.17, 15) is 8.42 Å². The van der Waals surface area contributed by atoms with Crippen molar-refractivity contribution in [3.63, 3.8) is 0 Å². The van der Waals surface area contributed by atoms with Crippen molar-refractivity contribution in [1.29, 1.82) is 5.26 Å². The summed E-state index contributed by atoms with van der Waals surface area (Å²) in [4.78, 5) is 0. The lowest BCUT2D eigenvalue weighted by Crippen LogP contribution is -2.26. The highest BCUT2D eigenvalue weighted by atomic mass is 32.2. The van der Waals surface area contributed by atoms with Gasteiger partial charge in [0.25, 0.3) is 0 Å². The van der Waals surface area contributed by atoms with E-state index in [1.807, 2.05) is 18.2 Å². The van der Waals surface area contributed by atoms with Gasteiger partial charge in [-0.15, -0.1) is 0 Å². The molecule has 0 amide bonds. The highest BCUT2D eigenvalue weighted by Crippen LogP contribution is 2.02. The van der Waals surface area contributed by atoms with Crippen LogP contribution in [-0.4, -0.2) is 20.7 Å². The van der Waals surface area contributed by atoms with Crippen LogP contribution in [0.25, 0.3) is 0 Å². The minimum Gasteiger partial charge on any atom is -0.312 e. The second-order valence-corrected chi connectivity index (χ2v) is 5.09. The largest absolute Gasteiger partial charge is 0.312 e. The monoisotopic (exact) mass is 239 g/mol. The Bertz CT molecular complexity index is 474. The third-order valence-electron chi connectivity index (χ3n) is 1.98. The molecule has 0 saturated carbocycles. The van der Waals surface area contributed by atoms with Crippen LogP contribution in [-0.2, 0) is 16.6 Å². The molecule has 0 saturated heterocycles. The number of nitrogens with zero attached hydrogens (tertiary/aromatic N) is 1. The number of hydrogen-bond donors (Lipinski definition) is 2. The fourth-order valence-electron chi connectivity index (χ4n) is 1.14. The zero-order chi connectivity index (χ0) is 12.0. The Morgan fingerprint density at radius 3 is 2.44 bits per heavy atom. The molecule has 0 heterocycles. The molecule has 0 spiro atoms. The van der Waals surface area contributed by atoms with Gasteiger partial charge in [-0.2, -0.15) is 5.26 Å². The van der Waals surface area contributed by atoms with E-state index in [1.165, 1.54) is 0 Å². The molecule has 0 fully saturated rings. The van der Waals surface area contributed by atoms with Crippen molar-refractivity contribution in [2.75, 3.05) is 12.3 Å². The van der Waals surface area contributed by atoms with E-state index in [1.54, 1.807) is 12.1 Å². The Kier molecular flexibility index (Phi) is 4.43. The van der Waals surface area contributed by atoms with Crippen molar-refractivity contribution in [3.8, 4) is 6.07 Å². The summed E-state index contributed by atoms with van der Waals surface area (Å²) in [6.45, 7) is 0.875. The average Bonchev–Trinajstić information content (AvgIpc) is 2.24. The third kappa shape index (κ3) is 4.89. The Labute approximate surface area is 94.9 Å². The highest BCUT2D eigenvalue weighted by molar-refractivity contribution is 7.89. The maximum absolute atomic E-state index is 10.6. The van der Waals surface area contributed by atoms with Gasteiger partial charge in [0.2, 0.25) is 10.0 Å². The fraction of sp³-hybridized carbons (Fsp3) is 0.300. The van der Waals surface area contributed by atoms with Crippen LogP contribution in [0.5, 0.6) is 0 Å². The van der Waals surface area contributed by atoms with Crippen molar-refractivity contribution < 1.29 is 8.42 Å². The van der Waals surface area contributed by atoms with Crippen molar-refractivity contribution in [2.45, 2.75) is 6.54 Å². The van der Waals surface area contributed by atoms with Crippen LogP contribution >= 0.6 is 0 Å². The van der Waals surface area contributed by atoms with Crippen LogP contribution in [0, 0.1) is 11.3 Å². The van der Waals surface area contributed by atoms with Crippen LogP contribution in [0.1, 0.15) is 11.1 Å². The summed E-state index contributed by atoms with van der Waals surface area (Å²) >= 11 is 0. The van der Waals surface area contributed by atoms with Crippen LogP contribution in [0.2, 0.25) is 0 Å². The van der Waals surface area contributed by atoms with Gasteiger partial charge in [0.05, 0.1) is 17.4 Å². The zero-order valence-corrected chi connectivity index (χ0v) is 9.50. The standard InChI is InChI=1S/C10H13N3O2S/c11-7-9-1-3-10(4-2-9)8-13-5-6-16(12,14)15/h1-4,13H,5-6,8H2,(H2,12,14,15). The molecule has 0 aliphatic rings. The summed E-state index contributed by atoms with van der Waals surface area (Å²) in [5, 5.41) is 16.4. The Morgan fingerprint density at radius 2 is 1.94 bits per heavy atom. The molecule has 0 atom stereocenters. The van der Waals surface area contributed by atoms with Crippen LogP contribution < -0.4 is 10.5 Å². The fourth-order valence-corrected chi connectivity index (χ4v) is 1.57. The normalized spacial score (nSPS) is 11.0. The molecule has 0 unspecified atom stereocenters. The summed E-state index contributed by atoms with van der Waals surface area (Å²) in [5.74, 6) is -0.0801. The number of nitriles is 1. The van der Waals surface area contributed by atoms with E-state index in [0.29, 0.717) is 18.7 Å². The summed E-state index contributed by atoms with van der Waals surface area (Å²) in [5.41, 5.74) is 1.60. The first-order valence-electron chi connectivity index (χ1n) is 4.71. The lowest BCUT2D eigenvalue weighted by Gasteiger charge is -2.03. The quantitative estimate of drug-likeness (QED) is 0.703. The number of nitrogens with two attached hydrogens (primary N) is 1. The Balaban J connectivity index is 2.36. The average molecular weight is 239 g/mol.